The molecule has 1 rings (SSSR count). The van der Waals surface area contributed by atoms with Crippen molar-refractivity contribution in [1.29, 1.82) is 0 Å². The van der Waals surface area contributed by atoms with E-state index in [9.17, 15) is 14.4 Å². The van der Waals surface area contributed by atoms with Gasteiger partial charge in [-0.2, -0.15) is 0 Å². The largest absolute Gasteiger partial charge is 0.458 e. The fraction of sp³-hybridized carbons (Fsp3) is 0.833. The zero-order valence-electron chi connectivity index (χ0n) is 16.8. The summed E-state index contributed by atoms with van der Waals surface area (Å²) in [4.78, 5) is 38.1. The van der Waals surface area contributed by atoms with Gasteiger partial charge in [0.25, 0.3) is 0 Å². The lowest BCUT2D eigenvalue weighted by molar-refractivity contribution is -0.160. The van der Waals surface area contributed by atoms with Crippen molar-refractivity contribution >= 4 is 30.0 Å². The van der Waals surface area contributed by atoms with Gasteiger partial charge in [-0.15, -0.1) is 11.8 Å². The van der Waals surface area contributed by atoms with Crippen molar-refractivity contribution in [3.8, 4) is 0 Å². The molecule has 0 unspecified atom stereocenters. The van der Waals surface area contributed by atoms with Crippen molar-refractivity contribution in [3.05, 3.63) is 0 Å². The maximum Gasteiger partial charge on any atom is 0.329 e. The molecule has 2 amide bonds. The molecule has 0 spiro atoms. The number of amides is 2. The van der Waals surface area contributed by atoms with Crippen LogP contribution in [0.3, 0.4) is 0 Å². The third-order valence-corrected chi connectivity index (χ3v) is 5.52. The first-order chi connectivity index (χ1) is 11.1. The van der Waals surface area contributed by atoms with Crippen LogP contribution in [0, 0.1) is 5.92 Å². The summed E-state index contributed by atoms with van der Waals surface area (Å²) in [5.74, 6) is -0.926. The SMILES string of the molecule is CC(C)[C@H](NC(=O)[C@@H]1N(C=O)C(C)(C)SC1(C)C)C(=O)OC(C)(C)C. The summed E-state index contributed by atoms with van der Waals surface area (Å²) in [6.07, 6.45) is 0.712. The predicted molar refractivity (Wildman–Crippen MR) is 100 cm³/mol. The molecular formula is C18H32N2O4S. The van der Waals surface area contributed by atoms with E-state index in [2.05, 4.69) is 5.32 Å². The number of hydrogen-bond donors (Lipinski definition) is 1. The van der Waals surface area contributed by atoms with Gasteiger partial charge in [-0.05, 0) is 54.4 Å². The second-order valence-electron chi connectivity index (χ2n) is 8.83. The minimum absolute atomic E-state index is 0.131. The standard InChI is InChI=1S/C18H32N2O4S/c1-11(2)12(15(23)24-16(3,4)5)19-14(22)13-17(6,7)25-18(8,9)20(13)10-21/h10-13H,1-9H3,(H,19,22)/t12-,13-/m0/s1. The summed E-state index contributed by atoms with van der Waals surface area (Å²) >= 11 is 1.57. The van der Waals surface area contributed by atoms with Crippen LogP contribution in [0.25, 0.3) is 0 Å². The molecular weight excluding hydrogens is 340 g/mol. The summed E-state index contributed by atoms with van der Waals surface area (Å²) in [5.41, 5.74) is -0.631. The third-order valence-electron chi connectivity index (χ3n) is 4.06. The predicted octanol–water partition coefficient (Wildman–Crippen LogP) is 2.56. The van der Waals surface area contributed by atoms with Gasteiger partial charge in [0.1, 0.15) is 17.7 Å². The number of rotatable bonds is 5. The molecule has 0 aromatic carbocycles. The number of nitrogens with zero attached hydrogens (tertiary/aromatic N) is 1. The van der Waals surface area contributed by atoms with Gasteiger partial charge < -0.3 is 15.0 Å². The minimum Gasteiger partial charge on any atom is -0.458 e. The first-order valence-electron chi connectivity index (χ1n) is 8.59. The molecule has 7 heteroatoms. The molecule has 1 fully saturated rings. The van der Waals surface area contributed by atoms with Gasteiger partial charge in [-0.3, -0.25) is 9.59 Å². The molecule has 0 aromatic heterocycles. The zero-order valence-corrected chi connectivity index (χ0v) is 17.6. The Bertz CT molecular complexity index is 538. The molecule has 0 bridgehead atoms. The Labute approximate surface area is 155 Å². The number of hydrogen-bond acceptors (Lipinski definition) is 5. The van der Waals surface area contributed by atoms with E-state index in [4.69, 9.17) is 4.74 Å². The van der Waals surface area contributed by atoms with Crippen molar-refractivity contribution < 1.29 is 19.1 Å². The lowest BCUT2D eigenvalue weighted by Gasteiger charge is -2.33. The Morgan fingerprint density at radius 1 is 1.20 bits per heavy atom. The van der Waals surface area contributed by atoms with Crippen LogP contribution in [0.5, 0.6) is 0 Å². The topological polar surface area (TPSA) is 75.7 Å². The van der Waals surface area contributed by atoms with E-state index in [-0.39, 0.29) is 11.8 Å². The first kappa shape index (κ1) is 21.8. The Balaban J connectivity index is 3.04. The highest BCUT2D eigenvalue weighted by molar-refractivity contribution is 8.02. The maximum absolute atomic E-state index is 13.0. The summed E-state index contributed by atoms with van der Waals surface area (Å²) in [6.45, 7) is 16.8. The van der Waals surface area contributed by atoms with E-state index >= 15 is 0 Å². The normalized spacial score (nSPS) is 23.3. The van der Waals surface area contributed by atoms with Crippen LogP contribution in [-0.4, -0.2) is 50.5 Å². The van der Waals surface area contributed by atoms with Crippen LogP contribution >= 0.6 is 11.8 Å². The molecule has 1 heterocycles. The van der Waals surface area contributed by atoms with Gasteiger partial charge >= 0.3 is 5.97 Å². The van der Waals surface area contributed by atoms with Crippen LogP contribution in [0.1, 0.15) is 62.3 Å². The molecule has 0 radical (unpaired) electrons. The Kier molecular flexibility index (Phi) is 6.26. The molecule has 0 saturated carbocycles. The smallest absolute Gasteiger partial charge is 0.329 e. The fourth-order valence-corrected chi connectivity index (χ4v) is 5.00. The number of carbonyl (C=O) groups is 3. The van der Waals surface area contributed by atoms with Gasteiger partial charge in [0.05, 0.1) is 4.87 Å². The van der Waals surface area contributed by atoms with Gasteiger partial charge in [-0.1, -0.05) is 13.8 Å². The van der Waals surface area contributed by atoms with Crippen LogP contribution < -0.4 is 5.32 Å². The third kappa shape index (κ3) is 5.12. The second kappa shape index (κ2) is 7.17. The lowest BCUT2D eigenvalue weighted by Crippen LogP contribution is -2.58. The van der Waals surface area contributed by atoms with Gasteiger partial charge in [0.2, 0.25) is 12.3 Å². The molecule has 1 aliphatic rings. The van der Waals surface area contributed by atoms with Gasteiger partial charge in [-0.25, -0.2) is 4.79 Å². The van der Waals surface area contributed by atoms with Crippen molar-refractivity contribution in [1.82, 2.24) is 10.2 Å². The van der Waals surface area contributed by atoms with Crippen LogP contribution in [0.2, 0.25) is 0 Å². The maximum atomic E-state index is 13.0. The molecule has 2 atom stereocenters. The highest BCUT2D eigenvalue weighted by atomic mass is 32.2. The molecule has 1 N–H and O–H groups in total. The number of ether oxygens (including phenoxy) is 1. The molecule has 0 aromatic rings. The molecule has 6 nitrogen and oxygen atoms in total. The lowest BCUT2D eigenvalue weighted by atomic mass is 9.98. The second-order valence-corrected chi connectivity index (χ2v) is 11.1. The molecule has 1 aliphatic heterocycles. The number of thioether (sulfide) groups is 1. The zero-order chi connectivity index (χ0) is 19.8. The van der Waals surface area contributed by atoms with Gasteiger partial charge in [0, 0.05) is 4.75 Å². The van der Waals surface area contributed by atoms with E-state index in [0.29, 0.717) is 6.41 Å². The average Bonchev–Trinajstić information content (AvgIpc) is 2.56. The fourth-order valence-electron chi connectivity index (χ4n) is 3.12. The summed E-state index contributed by atoms with van der Waals surface area (Å²) in [5, 5.41) is 2.81. The minimum atomic E-state index is -0.760. The number of carbonyl (C=O) groups excluding carboxylic acids is 3. The van der Waals surface area contributed by atoms with Crippen molar-refractivity contribution in [3.63, 3.8) is 0 Å². The number of nitrogens with one attached hydrogen (secondary N) is 1. The molecule has 0 aliphatic carbocycles. The van der Waals surface area contributed by atoms with Crippen molar-refractivity contribution in [2.24, 2.45) is 5.92 Å². The van der Waals surface area contributed by atoms with Crippen molar-refractivity contribution in [2.45, 2.75) is 89.6 Å². The Morgan fingerprint density at radius 2 is 1.72 bits per heavy atom. The average molecular weight is 373 g/mol. The van der Waals surface area contributed by atoms with E-state index in [1.54, 1.807) is 32.5 Å². The van der Waals surface area contributed by atoms with E-state index in [0.717, 1.165) is 0 Å². The first-order valence-corrected chi connectivity index (χ1v) is 9.41. The summed E-state index contributed by atoms with van der Waals surface area (Å²) < 4.78 is 4.96. The van der Waals surface area contributed by atoms with Crippen LogP contribution in [-0.2, 0) is 19.1 Å². The Morgan fingerprint density at radius 3 is 2.12 bits per heavy atom. The monoisotopic (exact) mass is 372 g/mol. The van der Waals surface area contributed by atoms with Crippen molar-refractivity contribution in [2.75, 3.05) is 0 Å². The quantitative estimate of drug-likeness (QED) is 0.593. The van der Waals surface area contributed by atoms with E-state index in [1.165, 1.54) is 4.90 Å². The molecule has 144 valence electrons. The van der Waals surface area contributed by atoms with Crippen LogP contribution in [0.4, 0.5) is 0 Å². The highest BCUT2D eigenvalue weighted by Crippen LogP contribution is 2.50. The summed E-state index contributed by atoms with van der Waals surface area (Å²) in [6, 6.07) is -1.42. The molecule has 1 saturated heterocycles. The highest BCUT2D eigenvalue weighted by Gasteiger charge is 2.55. The number of esters is 1. The van der Waals surface area contributed by atoms with Gasteiger partial charge in [0.15, 0.2) is 0 Å². The molecule has 25 heavy (non-hydrogen) atoms. The summed E-state index contributed by atoms with van der Waals surface area (Å²) in [7, 11) is 0. The Hall–Kier alpha value is -1.24. The van der Waals surface area contributed by atoms with E-state index < -0.39 is 33.3 Å². The van der Waals surface area contributed by atoms with Crippen LogP contribution in [0.15, 0.2) is 0 Å². The van der Waals surface area contributed by atoms with E-state index in [1.807, 2.05) is 41.5 Å².